The summed E-state index contributed by atoms with van der Waals surface area (Å²) in [5, 5.41) is 2.09. The third-order valence-corrected chi connectivity index (χ3v) is 4.47. The molecule has 0 unspecified atom stereocenters. The van der Waals surface area contributed by atoms with Crippen molar-refractivity contribution >= 4 is 45.1 Å². The van der Waals surface area contributed by atoms with Crippen molar-refractivity contribution in [3.05, 3.63) is 63.9 Å². The maximum absolute atomic E-state index is 13.6. The van der Waals surface area contributed by atoms with Gasteiger partial charge in [0.15, 0.2) is 11.7 Å². The molecule has 28 heavy (non-hydrogen) atoms. The van der Waals surface area contributed by atoms with Crippen LogP contribution >= 0.6 is 28.1 Å². The van der Waals surface area contributed by atoms with Crippen LogP contribution in [0.3, 0.4) is 0 Å². The first-order chi connectivity index (χ1) is 13.3. The molecule has 2 rings (SSSR count). The summed E-state index contributed by atoms with van der Waals surface area (Å²) < 4.78 is 19.7. The van der Waals surface area contributed by atoms with Crippen LogP contribution in [0.25, 0.3) is 0 Å². The van der Waals surface area contributed by atoms with Crippen LogP contribution < -0.4 is 20.9 Å². The zero-order valence-corrected chi connectivity index (χ0v) is 17.6. The summed E-state index contributed by atoms with van der Waals surface area (Å²) >= 11 is 8.31. The second-order valence-corrected chi connectivity index (χ2v) is 7.33. The number of thiocarbonyl (C=S) groups is 1. The van der Waals surface area contributed by atoms with Crippen LogP contribution in [0.15, 0.2) is 46.9 Å². The lowest BCUT2D eigenvalue weighted by molar-refractivity contribution is -0.123. The van der Waals surface area contributed by atoms with Crippen LogP contribution in [-0.4, -0.2) is 23.5 Å². The highest BCUT2D eigenvalue weighted by atomic mass is 79.9. The molecular formula is C19H19BrFN3O3S. The molecule has 6 nitrogen and oxygen atoms in total. The molecule has 9 heteroatoms. The Morgan fingerprint density at radius 2 is 1.89 bits per heavy atom. The quantitative estimate of drug-likeness (QED) is 0.463. The lowest BCUT2D eigenvalue weighted by Crippen LogP contribution is -2.49. The van der Waals surface area contributed by atoms with Crippen molar-refractivity contribution in [3.63, 3.8) is 0 Å². The first-order valence-corrected chi connectivity index (χ1v) is 9.55. The summed E-state index contributed by atoms with van der Waals surface area (Å²) in [4.78, 5) is 23.8. The van der Waals surface area contributed by atoms with Gasteiger partial charge in [0.05, 0.1) is 10.0 Å². The number of hydrazine groups is 1. The normalized spacial score (nSPS) is 10.3. The molecule has 0 bridgehead atoms. The van der Waals surface area contributed by atoms with E-state index in [9.17, 15) is 14.0 Å². The largest absolute Gasteiger partial charge is 0.483 e. The fourth-order valence-corrected chi connectivity index (χ4v) is 2.80. The zero-order chi connectivity index (χ0) is 20.7. The van der Waals surface area contributed by atoms with Gasteiger partial charge in [0.2, 0.25) is 0 Å². The van der Waals surface area contributed by atoms with Crippen molar-refractivity contribution in [2.45, 2.75) is 19.8 Å². The van der Waals surface area contributed by atoms with E-state index in [0.717, 1.165) is 16.1 Å². The maximum Gasteiger partial charge on any atom is 0.276 e. The van der Waals surface area contributed by atoms with Gasteiger partial charge in [-0.25, -0.2) is 4.39 Å². The first kappa shape index (κ1) is 21.8. The summed E-state index contributed by atoms with van der Waals surface area (Å²) in [6.07, 6.45) is 0. The molecule has 0 saturated heterocycles. The van der Waals surface area contributed by atoms with Crippen molar-refractivity contribution in [2.75, 3.05) is 6.61 Å². The SMILES string of the molecule is CC(C)c1ccc(OCC(=O)NNC(=S)NC(=O)c2ccccc2F)c(Br)c1. The van der Waals surface area contributed by atoms with Gasteiger partial charge in [0.1, 0.15) is 11.6 Å². The molecule has 2 aromatic carbocycles. The Balaban J connectivity index is 1.78. The molecule has 0 aliphatic heterocycles. The molecule has 0 radical (unpaired) electrons. The standard InChI is InChI=1S/C19H19BrFN3O3S/c1-11(2)12-7-8-16(14(20)9-12)27-10-17(25)23-24-19(28)22-18(26)13-5-3-4-6-15(13)21/h3-9,11H,10H2,1-2H3,(H,23,25)(H2,22,24,26,28). The van der Waals surface area contributed by atoms with Gasteiger partial charge in [0.25, 0.3) is 11.8 Å². The number of carbonyl (C=O) groups excluding carboxylic acids is 2. The molecule has 3 N–H and O–H groups in total. The van der Waals surface area contributed by atoms with Crippen molar-refractivity contribution in [2.24, 2.45) is 0 Å². The monoisotopic (exact) mass is 467 g/mol. The number of rotatable bonds is 5. The highest BCUT2D eigenvalue weighted by Crippen LogP contribution is 2.28. The molecule has 0 aromatic heterocycles. The number of hydrogen-bond donors (Lipinski definition) is 3. The van der Waals surface area contributed by atoms with E-state index in [2.05, 4.69) is 45.9 Å². The third-order valence-electron chi connectivity index (χ3n) is 3.64. The molecule has 148 valence electrons. The minimum Gasteiger partial charge on any atom is -0.483 e. The lowest BCUT2D eigenvalue weighted by Gasteiger charge is -2.13. The average molecular weight is 468 g/mol. The van der Waals surface area contributed by atoms with Gasteiger partial charge in [-0.05, 0) is 63.9 Å². The molecule has 0 atom stereocenters. The minimum atomic E-state index is -0.727. The molecule has 0 aliphatic carbocycles. The van der Waals surface area contributed by atoms with E-state index < -0.39 is 17.6 Å². The molecule has 0 saturated carbocycles. The fraction of sp³-hybridized carbons (Fsp3) is 0.211. The highest BCUT2D eigenvalue weighted by Gasteiger charge is 2.13. The number of benzene rings is 2. The van der Waals surface area contributed by atoms with Crippen LogP contribution in [-0.2, 0) is 4.79 Å². The Kier molecular flexibility index (Phi) is 7.89. The molecule has 2 amide bonds. The second kappa shape index (κ2) is 10.1. The average Bonchev–Trinajstić information content (AvgIpc) is 2.65. The minimum absolute atomic E-state index is 0.156. The second-order valence-electron chi connectivity index (χ2n) is 6.07. The van der Waals surface area contributed by atoms with Gasteiger partial charge in [-0.3, -0.25) is 25.8 Å². The Morgan fingerprint density at radius 1 is 1.18 bits per heavy atom. The Labute approximate surface area is 175 Å². The van der Waals surface area contributed by atoms with Crippen LogP contribution in [0.1, 0.15) is 35.7 Å². The Bertz CT molecular complexity index is 892. The van der Waals surface area contributed by atoms with Gasteiger partial charge in [-0.1, -0.05) is 32.0 Å². The highest BCUT2D eigenvalue weighted by molar-refractivity contribution is 9.10. The Morgan fingerprint density at radius 3 is 2.54 bits per heavy atom. The predicted molar refractivity (Wildman–Crippen MR) is 111 cm³/mol. The summed E-state index contributed by atoms with van der Waals surface area (Å²) in [5.41, 5.74) is 5.64. The number of halogens is 2. The third kappa shape index (κ3) is 6.28. The summed E-state index contributed by atoms with van der Waals surface area (Å²) in [6.45, 7) is 3.89. The zero-order valence-electron chi connectivity index (χ0n) is 15.2. The van der Waals surface area contributed by atoms with Crippen LogP contribution in [0.5, 0.6) is 5.75 Å². The number of carbonyl (C=O) groups is 2. The molecule has 0 aliphatic rings. The van der Waals surface area contributed by atoms with Crippen molar-refractivity contribution in [1.82, 2.24) is 16.2 Å². The smallest absolute Gasteiger partial charge is 0.276 e. The van der Waals surface area contributed by atoms with Crippen LogP contribution in [0.2, 0.25) is 0 Å². The molecule has 0 spiro atoms. The van der Waals surface area contributed by atoms with Crippen molar-refractivity contribution < 1.29 is 18.7 Å². The molecule has 0 heterocycles. The van der Waals surface area contributed by atoms with E-state index in [0.29, 0.717) is 11.7 Å². The van der Waals surface area contributed by atoms with E-state index >= 15 is 0 Å². The fourth-order valence-electron chi connectivity index (χ4n) is 2.15. The van der Waals surface area contributed by atoms with Crippen LogP contribution in [0, 0.1) is 5.82 Å². The molecule has 0 fully saturated rings. The van der Waals surface area contributed by atoms with E-state index in [1.54, 1.807) is 6.07 Å². The summed E-state index contributed by atoms with van der Waals surface area (Å²) in [7, 11) is 0. The van der Waals surface area contributed by atoms with E-state index in [-0.39, 0.29) is 17.3 Å². The van der Waals surface area contributed by atoms with Crippen molar-refractivity contribution in [3.8, 4) is 5.75 Å². The first-order valence-electron chi connectivity index (χ1n) is 8.35. The Hall–Kier alpha value is -2.52. The van der Waals surface area contributed by atoms with E-state index in [1.165, 1.54) is 18.2 Å². The van der Waals surface area contributed by atoms with Gasteiger partial charge < -0.3 is 4.74 Å². The van der Waals surface area contributed by atoms with Gasteiger partial charge in [-0.2, -0.15) is 0 Å². The summed E-state index contributed by atoms with van der Waals surface area (Å²) in [6, 6.07) is 11.1. The number of ether oxygens (including phenoxy) is 1. The lowest BCUT2D eigenvalue weighted by atomic mass is 10.0. The predicted octanol–water partition coefficient (Wildman–Crippen LogP) is 3.43. The van der Waals surface area contributed by atoms with Gasteiger partial charge >= 0.3 is 0 Å². The number of amides is 2. The van der Waals surface area contributed by atoms with Crippen LogP contribution in [0.4, 0.5) is 4.39 Å². The topological polar surface area (TPSA) is 79.5 Å². The summed E-state index contributed by atoms with van der Waals surface area (Å²) in [5.74, 6) is -1.01. The van der Waals surface area contributed by atoms with Crippen molar-refractivity contribution in [1.29, 1.82) is 0 Å². The van der Waals surface area contributed by atoms with E-state index in [4.69, 9.17) is 17.0 Å². The maximum atomic E-state index is 13.6. The number of nitrogens with one attached hydrogen (secondary N) is 3. The van der Waals surface area contributed by atoms with Gasteiger partial charge in [-0.15, -0.1) is 0 Å². The number of hydrogen-bond acceptors (Lipinski definition) is 4. The van der Waals surface area contributed by atoms with Gasteiger partial charge in [0, 0.05) is 0 Å². The van der Waals surface area contributed by atoms with E-state index in [1.807, 2.05) is 12.1 Å². The molecule has 2 aromatic rings. The molecular weight excluding hydrogens is 449 g/mol.